The van der Waals surface area contributed by atoms with E-state index in [4.69, 9.17) is 9.47 Å². The molecule has 0 radical (unpaired) electrons. The van der Waals surface area contributed by atoms with Crippen LogP contribution in [0.5, 0.6) is 5.75 Å². The molecular formula is C30H35FN2O6S. The van der Waals surface area contributed by atoms with Crippen molar-refractivity contribution in [2.75, 3.05) is 27.9 Å². The number of rotatable bonds is 13. The Kier molecular flexibility index (Phi) is 10.2. The number of nitrogens with zero attached hydrogens (tertiary/aromatic N) is 1. The molecule has 3 aromatic rings. The van der Waals surface area contributed by atoms with Crippen LogP contribution in [0, 0.1) is 5.82 Å². The summed E-state index contributed by atoms with van der Waals surface area (Å²) in [6, 6.07) is 18.1. The zero-order valence-electron chi connectivity index (χ0n) is 23.3. The summed E-state index contributed by atoms with van der Waals surface area (Å²) in [5, 5.41) is 0. The first-order chi connectivity index (χ1) is 18.9. The summed E-state index contributed by atoms with van der Waals surface area (Å²) in [5.74, 6) is -1.05. The van der Waals surface area contributed by atoms with Gasteiger partial charge in [-0.1, -0.05) is 36.4 Å². The van der Waals surface area contributed by atoms with Crippen LogP contribution >= 0.6 is 0 Å². The number of methoxy groups -OCH3 is 2. The molecule has 0 aliphatic rings. The SMILES string of the molecule is COCC(C)(C)NS(=O)(=O)c1ccc(CC(=O)C(Cc2ccccc2)N(C)C(=O)c2ccc(F)cc2)cc1OC. The van der Waals surface area contributed by atoms with Crippen molar-refractivity contribution in [1.29, 1.82) is 0 Å². The maximum Gasteiger partial charge on any atom is 0.254 e. The molecule has 3 aromatic carbocycles. The number of benzene rings is 3. The number of carbonyl (C=O) groups is 2. The third-order valence-electron chi connectivity index (χ3n) is 6.33. The minimum absolute atomic E-state index is 0.0696. The lowest BCUT2D eigenvalue weighted by Gasteiger charge is -2.28. The maximum absolute atomic E-state index is 13.7. The normalized spacial score (nSPS) is 12.6. The van der Waals surface area contributed by atoms with Gasteiger partial charge in [-0.25, -0.2) is 17.5 Å². The van der Waals surface area contributed by atoms with E-state index in [1.165, 1.54) is 55.5 Å². The van der Waals surface area contributed by atoms with Crippen LogP contribution in [0.2, 0.25) is 0 Å². The number of nitrogens with one attached hydrogen (secondary N) is 1. The lowest BCUT2D eigenvalue weighted by atomic mass is 9.96. The van der Waals surface area contributed by atoms with Gasteiger partial charge in [-0.3, -0.25) is 9.59 Å². The molecule has 0 saturated carbocycles. The third kappa shape index (κ3) is 7.97. The van der Waals surface area contributed by atoms with Crippen LogP contribution in [0.1, 0.15) is 35.3 Å². The topological polar surface area (TPSA) is 102 Å². The Morgan fingerprint density at radius 3 is 2.23 bits per heavy atom. The van der Waals surface area contributed by atoms with Crippen molar-refractivity contribution in [2.24, 2.45) is 0 Å². The number of likely N-dealkylation sites (N-methyl/N-ethyl adjacent to an activating group) is 1. The lowest BCUT2D eigenvalue weighted by Crippen LogP contribution is -2.46. The van der Waals surface area contributed by atoms with Crippen molar-refractivity contribution in [3.8, 4) is 5.75 Å². The van der Waals surface area contributed by atoms with Gasteiger partial charge in [-0.2, -0.15) is 0 Å². The highest BCUT2D eigenvalue weighted by Gasteiger charge is 2.30. The summed E-state index contributed by atoms with van der Waals surface area (Å²) in [6.07, 6.45) is 0.197. The number of carbonyl (C=O) groups excluding carboxylic acids is 2. The molecule has 0 aliphatic heterocycles. The zero-order chi connectivity index (χ0) is 29.5. The van der Waals surface area contributed by atoms with E-state index in [1.807, 2.05) is 30.3 Å². The minimum atomic E-state index is -3.96. The molecule has 8 nitrogen and oxygen atoms in total. The molecule has 0 spiro atoms. The van der Waals surface area contributed by atoms with Crippen LogP contribution in [0.4, 0.5) is 4.39 Å². The third-order valence-corrected chi connectivity index (χ3v) is 8.07. The quantitative estimate of drug-likeness (QED) is 0.333. The molecular weight excluding hydrogens is 535 g/mol. The van der Waals surface area contributed by atoms with Crippen molar-refractivity contribution in [2.45, 2.75) is 43.2 Å². The molecule has 0 aliphatic carbocycles. The first-order valence-electron chi connectivity index (χ1n) is 12.7. The van der Waals surface area contributed by atoms with Gasteiger partial charge in [0.15, 0.2) is 5.78 Å². The Balaban J connectivity index is 1.89. The van der Waals surface area contributed by atoms with E-state index in [0.717, 1.165) is 5.56 Å². The van der Waals surface area contributed by atoms with E-state index in [1.54, 1.807) is 27.0 Å². The maximum atomic E-state index is 13.7. The predicted molar refractivity (Wildman–Crippen MR) is 150 cm³/mol. The number of halogens is 1. The van der Waals surface area contributed by atoms with Gasteiger partial charge >= 0.3 is 0 Å². The van der Waals surface area contributed by atoms with Crippen LogP contribution in [-0.2, 0) is 32.4 Å². The van der Waals surface area contributed by atoms with Gasteiger partial charge in [0.25, 0.3) is 5.91 Å². The molecule has 0 bridgehead atoms. The second kappa shape index (κ2) is 13.2. The van der Waals surface area contributed by atoms with E-state index >= 15 is 0 Å². The summed E-state index contributed by atoms with van der Waals surface area (Å²) in [5.41, 5.74) is 0.787. The monoisotopic (exact) mass is 570 g/mol. The smallest absolute Gasteiger partial charge is 0.254 e. The number of Topliss-reactive ketones (excluding diaryl/α,β-unsaturated/α-hetero) is 1. The van der Waals surface area contributed by atoms with Crippen molar-refractivity contribution >= 4 is 21.7 Å². The van der Waals surface area contributed by atoms with Gasteiger partial charge < -0.3 is 14.4 Å². The van der Waals surface area contributed by atoms with Crippen molar-refractivity contribution in [3.63, 3.8) is 0 Å². The van der Waals surface area contributed by atoms with E-state index in [9.17, 15) is 22.4 Å². The summed E-state index contributed by atoms with van der Waals surface area (Å²) >= 11 is 0. The predicted octanol–water partition coefficient (Wildman–Crippen LogP) is 4.03. The average Bonchev–Trinajstić information content (AvgIpc) is 2.91. The van der Waals surface area contributed by atoms with Crippen molar-refractivity contribution < 1.29 is 31.9 Å². The van der Waals surface area contributed by atoms with E-state index in [-0.39, 0.29) is 41.4 Å². The average molecular weight is 571 g/mol. The Hall–Kier alpha value is -3.60. The summed E-state index contributed by atoms with van der Waals surface area (Å²) in [4.78, 5) is 28.2. The van der Waals surface area contributed by atoms with E-state index < -0.39 is 33.3 Å². The fourth-order valence-electron chi connectivity index (χ4n) is 4.41. The van der Waals surface area contributed by atoms with Crippen LogP contribution in [0.25, 0.3) is 0 Å². The van der Waals surface area contributed by atoms with Gasteiger partial charge in [0.2, 0.25) is 10.0 Å². The largest absolute Gasteiger partial charge is 0.495 e. The number of ketones is 1. The molecule has 1 N–H and O–H groups in total. The molecule has 1 unspecified atom stereocenters. The number of amides is 1. The molecule has 1 amide bonds. The molecule has 0 saturated heterocycles. The van der Waals surface area contributed by atoms with Gasteiger partial charge in [0.05, 0.1) is 25.3 Å². The van der Waals surface area contributed by atoms with Crippen LogP contribution in [0.15, 0.2) is 77.7 Å². The highest BCUT2D eigenvalue weighted by Crippen LogP contribution is 2.27. The van der Waals surface area contributed by atoms with Gasteiger partial charge in [0, 0.05) is 26.1 Å². The van der Waals surface area contributed by atoms with Crippen LogP contribution in [-0.4, -0.2) is 64.5 Å². The van der Waals surface area contributed by atoms with E-state index in [0.29, 0.717) is 5.56 Å². The number of hydrogen-bond acceptors (Lipinski definition) is 6. The van der Waals surface area contributed by atoms with E-state index in [2.05, 4.69) is 4.72 Å². The summed E-state index contributed by atoms with van der Waals surface area (Å²) in [6.45, 7) is 3.56. The summed E-state index contributed by atoms with van der Waals surface area (Å²) < 4.78 is 52.7. The molecule has 214 valence electrons. The Morgan fingerprint density at radius 2 is 1.62 bits per heavy atom. The number of sulfonamides is 1. The molecule has 0 aromatic heterocycles. The highest BCUT2D eigenvalue weighted by molar-refractivity contribution is 7.89. The fraction of sp³-hybridized carbons (Fsp3) is 0.333. The van der Waals surface area contributed by atoms with Crippen molar-refractivity contribution in [1.82, 2.24) is 9.62 Å². The fourth-order valence-corrected chi connectivity index (χ4v) is 5.96. The molecule has 1 atom stereocenters. The molecule has 0 heterocycles. The molecule has 40 heavy (non-hydrogen) atoms. The number of ether oxygens (including phenoxy) is 2. The first kappa shape index (κ1) is 30.9. The van der Waals surface area contributed by atoms with Gasteiger partial charge in [0.1, 0.15) is 16.5 Å². The van der Waals surface area contributed by atoms with Crippen LogP contribution < -0.4 is 9.46 Å². The molecule has 10 heteroatoms. The second-order valence-corrected chi connectivity index (χ2v) is 11.8. The minimum Gasteiger partial charge on any atom is -0.495 e. The standard InChI is InChI=1S/C30H35FN2O6S/c1-30(2,20-38-4)32-40(36,37)28-16-11-22(19-27(28)39-5)18-26(34)25(17-21-9-7-6-8-10-21)33(3)29(35)23-12-14-24(31)15-13-23/h6-16,19,25,32H,17-18,20H2,1-5H3. The Bertz CT molecular complexity index is 1430. The highest BCUT2D eigenvalue weighted by atomic mass is 32.2. The zero-order valence-corrected chi connectivity index (χ0v) is 24.1. The van der Waals surface area contributed by atoms with Gasteiger partial charge in [-0.15, -0.1) is 0 Å². The molecule has 0 fully saturated rings. The first-order valence-corrected chi connectivity index (χ1v) is 14.1. The number of hydrogen-bond donors (Lipinski definition) is 1. The Morgan fingerprint density at radius 1 is 0.975 bits per heavy atom. The molecule has 3 rings (SSSR count). The van der Waals surface area contributed by atoms with Crippen molar-refractivity contribution in [3.05, 3.63) is 95.3 Å². The second-order valence-electron chi connectivity index (χ2n) is 10.2. The lowest BCUT2D eigenvalue weighted by molar-refractivity contribution is -0.122. The van der Waals surface area contributed by atoms with Gasteiger partial charge in [-0.05, 0) is 67.8 Å². The Labute approximate surface area is 235 Å². The summed E-state index contributed by atoms with van der Waals surface area (Å²) in [7, 11) is 0.419. The van der Waals surface area contributed by atoms with Crippen LogP contribution in [0.3, 0.4) is 0 Å².